The number of benzene rings is 2. The Kier molecular flexibility index (Phi) is 8.36. The molecule has 0 radical (unpaired) electrons. The molecule has 3 amide bonds. The van der Waals surface area contributed by atoms with Crippen LogP contribution in [-0.4, -0.2) is 67.5 Å². The van der Waals surface area contributed by atoms with Crippen molar-refractivity contribution in [3.05, 3.63) is 77.6 Å². The molecule has 43 heavy (non-hydrogen) atoms. The number of nitrogens with two attached hydrogens (primary N) is 2. The lowest BCUT2D eigenvalue weighted by Gasteiger charge is -2.29. The maximum Gasteiger partial charge on any atom is 0.346 e. The molecule has 2 atom stereocenters. The minimum Gasteiger partial charge on any atom is -0.496 e. The summed E-state index contributed by atoms with van der Waals surface area (Å²) in [7, 11) is 3.14. The van der Waals surface area contributed by atoms with E-state index in [2.05, 4.69) is 20.5 Å². The van der Waals surface area contributed by atoms with Gasteiger partial charge < -0.3 is 26.4 Å². The number of anilines is 1. The zero-order valence-electron chi connectivity index (χ0n) is 23.7. The lowest BCUT2D eigenvalue weighted by molar-refractivity contribution is 0.0946. The van der Waals surface area contributed by atoms with Crippen molar-refractivity contribution in [1.82, 2.24) is 34.8 Å². The first-order chi connectivity index (χ1) is 20.7. The minimum atomic E-state index is -0.708. The van der Waals surface area contributed by atoms with Gasteiger partial charge in [-0.25, -0.2) is 18.9 Å². The molecule has 13 nitrogen and oxygen atoms in total. The zero-order chi connectivity index (χ0) is 30.7. The summed E-state index contributed by atoms with van der Waals surface area (Å²) in [5, 5.41) is 11.4. The maximum atomic E-state index is 13.7. The Hall–Kier alpha value is -5.27. The molecule has 1 saturated carbocycles. The molecule has 0 saturated heterocycles. The first-order valence-corrected chi connectivity index (χ1v) is 13.7. The summed E-state index contributed by atoms with van der Waals surface area (Å²) in [5.74, 6) is -1.29. The number of methoxy groups -OCH3 is 1. The summed E-state index contributed by atoms with van der Waals surface area (Å²) in [4.78, 5) is 43.4. The third-order valence-electron chi connectivity index (χ3n) is 7.77. The van der Waals surface area contributed by atoms with Crippen molar-refractivity contribution >= 4 is 23.7 Å². The number of carbonyl (C=O) groups excluding carboxylic acids is 3. The molecule has 1 fully saturated rings. The third-order valence-corrected chi connectivity index (χ3v) is 7.77. The van der Waals surface area contributed by atoms with E-state index >= 15 is 0 Å². The molecule has 5 rings (SSSR count). The Morgan fingerprint density at radius 3 is 2.60 bits per heavy atom. The van der Waals surface area contributed by atoms with E-state index in [0.717, 1.165) is 30.9 Å². The Morgan fingerprint density at radius 2 is 1.93 bits per heavy atom. The topological polar surface area (TPSA) is 176 Å². The molecule has 1 aliphatic carbocycles. The summed E-state index contributed by atoms with van der Waals surface area (Å²) in [6.45, 7) is 0.557. The monoisotopic (exact) mass is 589 g/mol. The molecule has 1 aliphatic rings. The fraction of sp³-hybridized carbons (Fsp3) is 0.310. The highest BCUT2D eigenvalue weighted by molar-refractivity contribution is 6.03. The molecule has 5 N–H and O–H groups in total. The van der Waals surface area contributed by atoms with Crippen LogP contribution < -0.4 is 21.5 Å². The number of nitrogens with zero attached hydrogens (tertiary/aromatic N) is 6. The predicted octanol–water partition coefficient (Wildman–Crippen LogP) is 2.67. The number of aromatic nitrogens is 5. The summed E-state index contributed by atoms with van der Waals surface area (Å²) < 4.78 is 21.6. The Bertz CT molecular complexity index is 1640. The van der Waals surface area contributed by atoms with Crippen LogP contribution in [0.2, 0.25) is 0 Å². The first kappa shape index (κ1) is 29.2. The number of hydrogen-bond acceptors (Lipinski definition) is 8. The van der Waals surface area contributed by atoms with E-state index in [9.17, 15) is 18.8 Å². The zero-order valence-corrected chi connectivity index (χ0v) is 23.7. The highest BCUT2D eigenvalue weighted by atomic mass is 19.1. The van der Waals surface area contributed by atoms with Gasteiger partial charge in [0.05, 0.1) is 12.7 Å². The average Bonchev–Trinajstić information content (AvgIpc) is 3.77. The number of amides is 3. The molecule has 4 aromatic rings. The van der Waals surface area contributed by atoms with Crippen LogP contribution in [-0.2, 0) is 13.1 Å². The standard InChI is InChI=1S/C29H32FN9O4/c1-37(29(42)39-16-33-15-35-39)22-5-3-4-19(22)14-38-26(31)24(27(32)40)25(36-38)18-8-6-17(7-9-18)13-34-28(41)21-12-20(30)10-11-23(21)43-2/h6-12,15-16,19,22H,3-5,13-14,31H2,1-2H3,(H2,32,40)(H,34,41). The normalized spacial score (nSPS) is 16.2. The molecular formula is C29H32FN9O4. The van der Waals surface area contributed by atoms with Gasteiger partial charge in [0.15, 0.2) is 0 Å². The maximum absolute atomic E-state index is 13.7. The number of carbonyl (C=O) groups is 3. The van der Waals surface area contributed by atoms with Gasteiger partial charge >= 0.3 is 6.03 Å². The molecule has 2 aromatic carbocycles. The Morgan fingerprint density at radius 1 is 1.16 bits per heavy atom. The van der Waals surface area contributed by atoms with E-state index in [1.54, 1.807) is 40.9 Å². The summed E-state index contributed by atoms with van der Waals surface area (Å²) in [6, 6.07) is 10.4. The van der Waals surface area contributed by atoms with Crippen LogP contribution in [0.15, 0.2) is 55.1 Å². The largest absolute Gasteiger partial charge is 0.496 e. The fourth-order valence-corrected chi connectivity index (χ4v) is 5.55. The van der Waals surface area contributed by atoms with E-state index in [1.807, 2.05) is 0 Å². The van der Waals surface area contributed by atoms with Crippen molar-refractivity contribution in [2.75, 3.05) is 19.9 Å². The third kappa shape index (κ3) is 6.03. The van der Waals surface area contributed by atoms with Gasteiger partial charge in [0.25, 0.3) is 11.8 Å². The first-order valence-electron chi connectivity index (χ1n) is 13.7. The molecule has 0 aliphatic heterocycles. The number of hydrogen-bond donors (Lipinski definition) is 3. The van der Waals surface area contributed by atoms with Gasteiger partial charge in [-0.1, -0.05) is 30.7 Å². The molecule has 14 heteroatoms. The number of nitrogen functional groups attached to an aromatic ring is 1. The number of rotatable bonds is 9. The minimum absolute atomic E-state index is 0.0379. The smallest absolute Gasteiger partial charge is 0.346 e. The second kappa shape index (κ2) is 12.3. The quantitative estimate of drug-likeness (QED) is 0.267. The van der Waals surface area contributed by atoms with Crippen LogP contribution in [0, 0.1) is 11.7 Å². The summed E-state index contributed by atoms with van der Waals surface area (Å²) in [5.41, 5.74) is 14.0. The highest BCUT2D eigenvalue weighted by Crippen LogP contribution is 2.34. The molecule has 2 heterocycles. The molecule has 224 valence electrons. The van der Waals surface area contributed by atoms with Gasteiger partial charge in [0.2, 0.25) is 0 Å². The van der Waals surface area contributed by atoms with Crippen LogP contribution in [0.5, 0.6) is 5.75 Å². The SMILES string of the molecule is COc1ccc(F)cc1C(=O)NCc1ccc(-c2nn(CC3CCCC3N(C)C(=O)n3cncn3)c(N)c2C(N)=O)cc1. The number of nitrogens with one attached hydrogen (secondary N) is 1. The fourth-order valence-electron chi connectivity index (χ4n) is 5.55. The van der Waals surface area contributed by atoms with E-state index in [1.165, 1.54) is 36.6 Å². The molecule has 0 bridgehead atoms. The van der Waals surface area contributed by atoms with E-state index < -0.39 is 17.6 Å². The van der Waals surface area contributed by atoms with Gasteiger partial charge in [0, 0.05) is 31.7 Å². The van der Waals surface area contributed by atoms with Gasteiger partial charge in [-0.15, -0.1) is 0 Å². The lowest BCUT2D eigenvalue weighted by Crippen LogP contribution is -2.43. The summed E-state index contributed by atoms with van der Waals surface area (Å²) in [6.07, 6.45) is 5.25. The van der Waals surface area contributed by atoms with Crippen LogP contribution in [0.4, 0.5) is 15.0 Å². The molecule has 2 unspecified atom stereocenters. The van der Waals surface area contributed by atoms with E-state index in [4.69, 9.17) is 16.2 Å². The second-order valence-electron chi connectivity index (χ2n) is 10.4. The second-order valence-corrected chi connectivity index (χ2v) is 10.4. The Balaban J connectivity index is 1.31. The number of primary amides is 1. The average molecular weight is 590 g/mol. The van der Waals surface area contributed by atoms with Crippen LogP contribution in [0.25, 0.3) is 11.3 Å². The van der Waals surface area contributed by atoms with Crippen molar-refractivity contribution in [3.8, 4) is 17.0 Å². The molecule has 2 aromatic heterocycles. The summed E-state index contributed by atoms with van der Waals surface area (Å²) >= 11 is 0. The van der Waals surface area contributed by atoms with E-state index in [-0.39, 0.29) is 47.2 Å². The molecular weight excluding hydrogens is 557 g/mol. The molecule has 0 spiro atoms. The van der Waals surface area contributed by atoms with Crippen LogP contribution in [0.1, 0.15) is 45.5 Å². The lowest BCUT2D eigenvalue weighted by atomic mass is 10.0. The predicted molar refractivity (Wildman–Crippen MR) is 154 cm³/mol. The van der Waals surface area contributed by atoms with Crippen LogP contribution in [0.3, 0.4) is 0 Å². The van der Waals surface area contributed by atoms with Crippen molar-refractivity contribution in [3.63, 3.8) is 0 Å². The number of halogens is 1. The highest BCUT2D eigenvalue weighted by Gasteiger charge is 2.35. The van der Waals surface area contributed by atoms with Crippen molar-refractivity contribution in [2.45, 2.75) is 38.4 Å². The van der Waals surface area contributed by atoms with Crippen molar-refractivity contribution in [2.24, 2.45) is 11.7 Å². The van der Waals surface area contributed by atoms with Crippen LogP contribution >= 0.6 is 0 Å². The van der Waals surface area contributed by atoms with Crippen molar-refractivity contribution in [1.29, 1.82) is 0 Å². The van der Waals surface area contributed by atoms with Gasteiger partial charge in [-0.05, 0) is 42.5 Å². The number of ether oxygens (including phenoxy) is 1. The van der Waals surface area contributed by atoms with Gasteiger partial charge in [-0.2, -0.15) is 14.9 Å². The van der Waals surface area contributed by atoms with E-state index in [0.29, 0.717) is 17.8 Å². The van der Waals surface area contributed by atoms with Gasteiger partial charge in [0.1, 0.15) is 41.3 Å². The van der Waals surface area contributed by atoms with Crippen molar-refractivity contribution < 1.29 is 23.5 Å². The Labute approximate surface area is 246 Å². The van der Waals surface area contributed by atoms with Gasteiger partial charge in [-0.3, -0.25) is 9.59 Å².